The van der Waals surface area contributed by atoms with E-state index >= 15 is 0 Å². The van der Waals surface area contributed by atoms with Gasteiger partial charge in [0, 0.05) is 0 Å². The second kappa shape index (κ2) is 7.46. The summed E-state index contributed by atoms with van der Waals surface area (Å²) >= 11 is 0. The predicted molar refractivity (Wildman–Crippen MR) is 52.8 cm³/mol. The van der Waals surface area contributed by atoms with E-state index in [9.17, 15) is 96.6 Å². The summed E-state index contributed by atoms with van der Waals surface area (Å²) in [6.45, 7) is 0. The molecule has 0 rings (SSSR count). The van der Waals surface area contributed by atoms with Gasteiger partial charge in [0.15, 0.2) is 0 Å². The topological polar surface area (TPSA) is 9.23 Å². The van der Waals surface area contributed by atoms with Gasteiger partial charge in [0.25, 0.3) is 0 Å². The van der Waals surface area contributed by atoms with Crippen molar-refractivity contribution in [2.75, 3.05) is 0 Å². The molecule has 0 aliphatic rings. The molecule has 0 aliphatic carbocycles. The lowest BCUT2D eigenvalue weighted by molar-refractivity contribution is -0.551. The van der Waals surface area contributed by atoms with Crippen molar-refractivity contribution in [1.82, 2.24) is 0 Å². The van der Waals surface area contributed by atoms with Crippen LogP contribution in [0.25, 0.3) is 0 Å². The Kier molecular flexibility index (Phi) is 7.10. The van der Waals surface area contributed by atoms with Gasteiger partial charge in [-0.15, -0.1) is 0 Å². The molecule has 0 saturated heterocycles. The first-order valence-corrected chi connectivity index (χ1v) is 6.57. The Morgan fingerprint density at radius 2 is 0.394 bits per heavy atom. The summed E-state index contributed by atoms with van der Waals surface area (Å²) in [5.41, 5.74) is -18.6. The molecule has 33 heavy (non-hydrogen) atoms. The van der Waals surface area contributed by atoms with E-state index in [4.69, 9.17) is 0 Å². The fraction of sp³-hybridized carbons (Fsp3) is 1.00. The van der Waals surface area contributed by atoms with Crippen molar-refractivity contribution in [2.24, 2.45) is 0 Å². The summed E-state index contributed by atoms with van der Waals surface area (Å²) in [4.78, 5) is 0. The largest absolute Gasteiger partial charge is 0.457 e. The van der Waals surface area contributed by atoms with Crippen molar-refractivity contribution >= 4 is 0 Å². The zero-order chi connectivity index (χ0) is 27.7. The van der Waals surface area contributed by atoms with Crippen LogP contribution in [-0.4, -0.2) is 60.1 Å². The Hall–Kier alpha value is -1.58. The number of hydrogen-bond acceptors (Lipinski definition) is 1. The SMILES string of the molecule is FC(F)(F)C(F)(F)C(OC(C(F)(F)F)(C(F)(F)F)C(F)(F)C(F)(F)F)(C(F)(F)F)C(F)(F)F. The number of ether oxygens (including phenoxy) is 1. The van der Waals surface area contributed by atoms with Gasteiger partial charge in [0.2, 0.25) is 0 Å². The Morgan fingerprint density at radius 1 is 0.242 bits per heavy atom. The van der Waals surface area contributed by atoms with E-state index in [0.29, 0.717) is 0 Å². The Morgan fingerprint density at radius 3 is 0.485 bits per heavy atom. The minimum atomic E-state index is -9.30. The highest BCUT2D eigenvalue weighted by molar-refractivity contribution is 5.17. The van der Waals surface area contributed by atoms with Crippen LogP contribution >= 0.6 is 0 Å². The van der Waals surface area contributed by atoms with E-state index < -0.39 is 60.1 Å². The highest BCUT2D eigenvalue weighted by Gasteiger charge is 2.99. The zero-order valence-corrected chi connectivity index (χ0v) is 13.7. The maximum Gasteiger partial charge on any atom is 0.457 e. The molecule has 23 heteroatoms. The molecule has 0 aliphatic heterocycles. The third kappa shape index (κ3) is 4.21. The predicted octanol–water partition coefficient (Wildman–Crippen LogP) is 7.13. The molecule has 0 fully saturated rings. The Balaban J connectivity index is 8.23. The fourth-order valence-electron chi connectivity index (χ4n) is 2.02. The van der Waals surface area contributed by atoms with E-state index in [2.05, 4.69) is 0 Å². The second-order valence-corrected chi connectivity index (χ2v) is 5.60. The summed E-state index contributed by atoms with van der Waals surface area (Å²) in [6.07, 6.45) is -52.6. The van der Waals surface area contributed by atoms with Crippen molar-refractivity contribution in [3.63, 3.8) is 0 Å². The third-order valence-electron chi connectivity index (χ3n) is 3.50. The molecule has 0 amide bonds. The van der Waals surface area contributed by atoms with Crippen LogP contribution < -0.4 is 0 Å². The van der Waals surface area contributed by atoms with E-state index in [1.807, 2.05) is 0 Å². The van der Waals surface area contributed by atoms with E-state index in [0.717, 1.165) is 4.74 Å². The molecular weight excluding hydrogens is 554 g/mol. The van der Waals surface area contributed by atoms with Crippen LogP contribution in [0.5, 0.6) is 0 Å². The smallest absolute Gasteiger partial charge is 0.324 e. The maximum atomic E-state index is 13.3. The molecule has 0 aromatic carbocycles. The highest BCUT2D eigenvalue weighted by atomic mass is 19.5. The Labute approximate surface area is 163 Å². The zero-order valence-electron chi connectivity index (χ0n) is 13.7. The van der Waals surface area contributed by atoms with Crippen LogP contribution in [0, 0.1) is 0 Å². The van der Waals surface area contributed by atoms with Crippen molar-refractivity contribution < 1.29 is 101 Å². The summed E-state index contributed by atoms with van der Waals surface area (Å²) < 4.78 is 281. The lowest BCUT2D eigenvalue weighted by Gasteiger charge is -2.50. The number of rotatable bonds is 4. The second-order valence-electron chi connectivity index (χ2n) is 5.60. The van der Waals surface area contributed by atoms with Gasteiger partial charge >= 0.3 is 60.1 Å². The molecule has 0 heterocycles. The van der Waals surface area contributed by atoms with Gasteiger partial charge in [-0.3, -0.25) is 0 Å². The van der Waals surface area contributed by atoms with Gasteiger partial charge in [-0.25, -0.2) is 0 Å². The summed E-state index contributed by atoms with van der Waals surface area (Å²) in [6, 6.07) is 0. The first-order valence-electron chi connectivity index (χ1n) is 6.57. The molecule has 0 unspecified atom stereocenters. The molecule has 0 saturated carbocycles. The minimum Gasteiger partial charge on any atom is -0.324 e. The summed E-state index contributed by atoms with van der Waals surface area (Å²) in [7, 11) is 0. The van der Waals surface area contributed by atoms with Gasteiger partial charge in [-0.1, -0.05) is 0 Å². The number of halogens is 22. The van der Waals surface area contributed by atoms with Gasteiger partial charge in [0.1, 0.15) is 0 Å². The monoisotopic (exact) mass is 554 g/mol. The average Bonchev–Trinajstić information content (AvgIpc) is 2.38. The van der Waals surface area contributed by atoms with Crippen molar-refractivity contribution in [3.8, 4) is 0 Å². The van der Waals surface area contributed by atoms with Gasteiger partial charge in [-0.2, -0.15) is 96.6 Å². The Bertz CT molecular complexity index is 602. The molecule has 0 bridgehead atoms. The van der Waals surface area contributed by atoms with Gasteiger partial charge < -0.3 is 4.74 Å². The van der Waals surface area contributed by atoms with Crippen molar-refractivity contribution in [1.29, 1.82) is 0 Å². The maximum absolute atomic E-state index is 13.3. The lowest BCUT2D eigenvalue weighted by atomic mass is 9.86. The fourth-order valence-corrected chi connectivity index (χ4v) is 2.02. The number of alkyl halides is 22. The molecule has 0 spiro atoms. The highest BCUT2D eigenvalue weighted by Crippen LogP contribution is 2.67. The van der Waals surface area contributed by atoms with Crippen LogP contribution in [0.4, 0.5) is 96.6 Å². The lowest BCUT2D eigenvalue weighted by Crippen LogP contribution is -2.82. The molecule has 1 nitrogen and oxygen atoms in total. The summed E-state index contributed by atoms with van der Waals surface area (Å²) in [5.74, 6) is -18.1. The van der Waals surface area contributed by atoms with E-state index in [1.54, 1.807) is 0 Å². The van der Waals surface area contributed by atoms with E-state index in [1.165, 1.54) is 0 Å². The average molecular weight is 554 g/mol. The van der Waals surface area contributed by atoms with Crippen molar-refractivity contribution in [2.45, 2.75) is 60.1 Å². The van der Waals surface area contributed by atoms with Gasteiger partial charge in [0.05, 0.1) is 0 Å². The number of hydrogen-bond donors (Lipinski definition) is 0. The van der Waals surface area contributed by atoms with Gasteiger partial charge in [-0.05, 0) is 0 Å². The molecule has 0 radical (unpaired) electrons. The van der Waals surface area contributed by atoms with Crippen LogP contribution in [0.1, 0.15) is 0 Å². The molecule has 0 aromatic rings. The minimum absolute atomic E-state index is 0.826. The molecule has 0 N–H and O–H groups in total. The standard InChI is InChI=1S/C10F22O/c11-3(12,9(27,28)29)1(5(15,16)17,6(18,19)20)33-2(7(21,22)23,8(24,25)26)4(13,14)10(30,31)32. The molecule has 0 aromatic heterocycles. The molecule has 0 atom stereocenters. The normalized spacial score (nSPS) is 16.9. The first kappa shape index (κ1) is 31.4. The quantitative estimate of drug-likeness (QED) is 0.337. The van der Waals surface area contributed by atoms with Crippen LogP contribution in [0.3, 0.4) is 0 Å². The van der Waals surface area contributed by atoms with Crippen molar-refractivity contribution in [3.05, 3.63) is 0 Å². The molecular formula is C10F22O. The van der Waals surface area contributed by atoms with Crippen LogP contribution in [0.2, 0.25) is 0 Å². The third-order valence-corrected chi connectivity index (χ3v) is 3.50. The first-order chi connectivity index (χ1) is 13.7. The van der Waals surface area contributed by atoms with Crippen LogP contribution in [-0.2, 0) is 4.74 Å². The van der Waals surface area contributed by atoms with Crippen LogP contribution in [0.15, 0.2) is 0 Å². The molecule has 200 valence electrons. The summed E-state index contributed by atoms with van der Waals surface area (Å²) in [5, 5.41) is 0. The van der Waals surface area contributed by atoms with E-state index in [-0.39, 0.29) is 0 Å².